The standard InChI is InChI=1S/C19H26FN3O5/c1-4-28-16(25)9-11(2)17(18(21)26)23-19(27)15(22-12(3)24)10-13-5-7-14(20)8-6-13/h5-8,11,15,17H,4,9-10H2,1-3H3,(H2,21,26)(H,22,24)(H,23,27)/t11-,15-,17+/m1/s1. The number of ether oxygens (including phenoxy) is 1. The molecule has 154 valence electrons. The van der Waals surface area contributed by atoms with Crippen LogP contribution in [-0.4, -0.2) is 42.4 Å². The van der Waals surface area contributed by atoms with Gasteiger partial charge >= 0.3 is 5.97 Å². The van der Waals surface area contributed by atoms with Gasteiger partial charge in [-0.25, -0.2) is 4.39 Å². The fourth-order valence-corrected chi connectivity index (χ4v) is 2.66. The molecule has 0 aromatic heterocycles. The second-order valence-electron chi connectivity index (χ2n) is 6.46. The minimum atomic E-state index is -1.12. The molecule has 4 N–H and O–H groups in total. The minimum Gasteiger partial charge on any atom is -0.466 e. The average Bonchev–Trinajstić information content (AvgIpc) is 2.60. The van der Waals surface area contributed by atoms with Gasteiger partial charge in [-0.1, -0.05) is 19.1 Å². The van der Waals surface area contributed by atoms with Crippen molar-refractivity contribution in [1.29, 1.82) is 0 Å². The Balaban J connectivity index is 2.89. The van der Waals surface area contributed by atoms with E-state index in [1.807, 2.05) is 0 Å². The van der Waals surface area contributed by atoms with Crippen molar-refractivity contribution < 1.29 is 28.3 Å². The van der Waals surface area contributed by atoms with E-state index in [2.05, 4.69) is 10.6 Å². The largest absolute Gasteiger partial charge is 0.466 e. The van der Waals surface area contributed by atoms with Crippen molar-refractivity contribution in [1.82, 2.24) is 10.6 Å². The first kappa shape index (κ1) is 23.1. The summed E-state index contributed by atoms with van der Waals surface area (Å²) in [5.74, 6) is -3.44. The molecule has 3 amide bonds. The normalized spacial score (nSPS) is 13.7. The van der Waals surface area contributed by atoms with Crippen LogP contribution in [0.25, 0.3) is 0 Å². The maximum Gasteiger partial charge on any atom is 0.306 e. The van der Waals surface area contributed by atoms with Crippen LogP contribution in [0, 0.1) is 11.7 Å². The highest BCUT2D eigenvalue weighted by Gasteiger charge is 2.30. The summed E-state index contributed by atoms with van der Waals surface area (Å²) < 4.78 is 17.9. The molecular weight excluding hydrogens is 369 g/mol. The Morgan fingerprint density at radius 1 is 1.14 bits per heavy atom. The fourth-order valence-electron chi connectivity index (χ4n) is 2.66. The van der Waals surface area contributed by atoms with Crippen LogP contribution in [-0.2, 0) is 30.3 Å². The van der Waals surface area contributed by atoms with E-state index in [-0.39, 0.29) is 19.4 Å². The summed E-state index contributed by atoms with van der Waals surface area (Å²) in [6.45, 7) is 4.69. The maximum atomic E-state index is 13.1. The highest BCUT2D eigenvalue weighted by atomic mass is 19.1. The molecule has 1 aromatic rings. The first-order valence-electron chi connectivity index (χ1n) is 8.90. The number of esters is 1. The molecule has 0 spiro atoms. The van der Waals surface area contributed by atoms with E-state index in [0.717, 1.165) is 0 Å². The van der Waals surface area contributed by atoms with Crippen molar-refractivity contribution in [2.75, 3.05) is 6.61 Å². The Morgan fingerprint density at radius 3 is 2.25 bits per heavy atom. The Morgan fingerprint density at radius 2 is 1.75 bits per heavy atom. The van der Waals surface area contributed by atoms with Crippen LogP contribution in [0.15, 0.2) is 24.3 Å². The lowest BCUT2D eigenvalue weighted by atomic mass is 9.96. The number of rotatable bonds is 10. The van der Waals surface area contributed by atoms with Crippen LogP contribution < -0.4 is 16.4 Å². The predicted octanol–water partition coefficient (Wildman–Crippen LogP) is 0.432. The van der Waals surface area contributed by atoms with Gasteiger partial charge < -0.3 is 21.1 Å². The van der Waals surface area contributed by atoms with Crippen molar-refractivity contribution in [2.24, 2.45) is 11.7 Å². The predicted molar refractivity (Wildman–Crippen MR) is 99.2 cm³/mol. The molecule has 0 saturated carbocycles. The number of carbonyl (C=O) groups excluding carboxylic acids is 4. The molecule has 1 rings (SSSR count). The lowest BCUT2D eigenvalue weighted by Crippen LogP contribution is -2.55. The van der Waals surface area contributed by atoms with Gasteiger partial charge in [0.2, 0.25) is 17.7 Å². The maximum absolute atomic E-state index is 13.1. The van der Waals surface area contributed by atoms with Crippen molar-refractivity contribution in [3.63, 3.8) is 0 Å². The van der Waals surface area contributed by atoms with E-state index in [4.69, 9.17) is 10.5 Å². The number of primary amides is 1. The molecule has 8 nitrogen and oxygen atoms in total. The van der Waals surface area contributed by atoms with Gasteiger partial charge in [-0.2, -0.15) is 0 Å². The topological polar surface area (TPSA) is 128 Å². The SMILES string of the molecule is CCOC(=O)C[C@@H](C)[C@H](NC(=O)[C@@H](Cc1ccc(F)cc1)NC(C)=O)C(N)=O. The Bertz CT molecular complexity index is 708. The number of amides is 3. The molecule has 0 heterocycles. The number of carbonyl (C=O) groups is 4. The van der Waals surface area contributed by atoms with Gasteiger partial charge in [0.1, 0.15) is 17.9 Å². The van der Waals surface area contributed by atoms with E-state index in [1.165, 1.54) is 31.2 Å². The number of hydrogen-bond donors (Lipinski definition) is 3. The molecule has 9 heteroatoms. The summed E-state index contributed by atoms with van der Waals surface area (Å²) >= 11 is 0. The smallest absolute Gasteiger partial charge is 0.306 e. The average molecular weight is 395 g/mol. The second kappa shape index (κ2) is 11.0. The highest BCUT2D eigenvalue weighted by Crippen LogP contribution is 2.11. The van der Waals surface area contributed by atoms with Crippen molar-refractivity contribution >= 4 is 23.7 Å². The number of hydrogen-bond acceptors (Lipinski definition) is 5. The van der Waals surface area contributed by atoms with Crippen LogP contribution >= 0.6 is 0 Å². The van der Waals surface area contributed by atoms with Crippen molar-refractivity contribution in [3.8, 4) is 0 Å². The quantitative estimate of drug-likeness (QED) is 0.495. The molecule has 0 radical (unpaired) electrons. The van der Waals surface area contributed by atoms with Gasteiger partial charge in [-0.15, -0.1) is 0 Å². The van der Waals surface area contributed by atoms with Gasteiger partial charge in [0.15, 0.2) is 0 Å². The number of nitrogens with one attached hydrogen (secondary N) is 2. The molecular formula is C19H26FN3O5. The number of nitrogens with two attached hydrogens (primary N) is 1. The zero-order valence-electron chi connectivity index (χ0n) is 16.2. The summed E-state index contributed by atoms with van der Waals surface area (Å²) in [6, 6.07) is 3.34. The van der Waals surface area contributed by atoms with Crippen LogP contribution in [0.4, 0.5) is 4.39 Å². The van der Waals surface area contributed by atoms with E-state index in [9.17, 15) is 23.6 Å². The summed E-state index contributed by atoms with van der Waals surface area (Å²) in [5.41, 5.74) is 5.99. The molecule has 0 aliphatic carbocycles. The summed E-state index contributed by atoms with van der Waals surface area (Å²) in [5, 5.41) is 4.99. The molecule has 0 aliphatic rings. The monoisotopic (exact) mass is 395 g/mol. The lowest BCUT2D eigenvalue weighted by molar-refractivity contribution is -0.145. The fraction of sp³-hybridized carbons (Fsp3) is 0.474. The third-order valence-electron chi connectivity index (χ3n) is 4.01. The molecule has 0 unspecified atom stereocenters. The van der Waals surface area contributed by atoms with Crippen LogP contribution in [0.1, 0.15) is 32.8 Å². The molecule has 0 saturated heterocycles. The molecule has 3 atom stereocenters. The lowest BCUT2D eigenvalue weighted by Gasteiger charge is -2.25. The Labute approximate surface area is 163 Å². The second-order valence-corrected chi connectivity index (χ2v) is 6.46. The van der Waals surface area contributed by atoms with E-state index in [0.29, 0.717) is 5.56 Å². The summed E-state index contributed by atoms with van der Waals surface area (Å²) in [4.78, 5) is 47.5. The Kier molecular flexibility index (Phi) is 9.07. The van der Waals surface area contributed by atoms with Gasteiger partial charge in [0.05, 0.1) is 13.0 Å². The third kappa shape index (κ3) is 7.73. The van der Waals surface area contributed by atoms with Gasteiger partial charge in [0, 0.05) is 13.3 Å². The number of halogens is 1. The zero-order chi connectivity index (χ0) is 21.3. The Hall–Kier alpha value is -2.97. The molecule has 0 aliphatic heterocycles. The van der Waals surface area contributed by atoms with Gasteiger partial charge in [-0.3, -0.25) is 19.2 Å². The van der Waals surface area contributed by atoms with E-state index >= 15 is 0 Å². The van der Waals surface area contributed by atoms with E-state index < -0.39 is 47.5 Å². The first-order chi connectivity index (χ1) is 13.1. The van der Waals surface area contributed by atoms with E-state index in [1.54, 1.807) is 13.8 Å². The summed E-state index contributed by atoms with van der Waals surface area (Å²) in [6.07, 6.45) is -0.0199. The molecule has 0 bridgehead atoms. The van der Waals surface area contributed by atoms with Crippen LogP contribution in [0.2, 0.25) is 0 Å². The summed E-state index contributed by atoms with van der Waals surface area (Å²) in [7, 11) is 0. The highest BCUT2D eigenvalue weighted by molar-refractivity contribution is 5.91. The van der Waals surface area contributed by atoms with Gasteiger partial charge in [-0.05, 0) is 30.5 Å². The third-order valence-corrected chi connectivity index (χ3v) is 4.01. The minimum absolute atomic E-state index is 0.0867. The van der Waals surface area contributed by atoms with Crippen LogP contribution in [0.5, 0.6) is 0 Å². The van der Waals surface area contributed by atoms with Crippen LogP contribution in [0.3, 0.4) is 0 Å². The first-order valence-corrected chi connectivity index (χ1v) is 8.90. The zero-order valence-corrected chi connectivity index (χ0v) is 16.2. The molecule has 0 fully saturated rings. The molecule has 28 heavy (non-hydrogen) atoms. The number of benzene rings is 1. The molecule has 1 aromatic carbocycles. The van der Waals surface area contributed by atoms with Crippen molar-refractivity contribution in [3.05, 3.63) is 35.6 Å². The van der Waals surface area contributed by atoms with Crippen molar-refractivity contribution in [2.45, 2.75) is 45.7 Å². The van der Waals surface area contributed by atoms with Gasteiger partial charge in [0.25, 0.3) is 0 Å².